The molecule has 0 fully saturated rings. The zero-order chi connectivity index (χ0) is 24.2. The van der Waals surface area contributed by atoms with Crippen LogP contribution in [-0.2, 0) is 15.7 Å². The van der Waals surface area contributed by atoms with E-state index in [4.69, 9.17) is 27.9 Å². The zero-order valence-electron chi connectivity index (χ0n) is 17.2. The average Bonchev–Trinajstić information content (AvgIpc) is 3.20. The van der Waals surface area contributed by atoms with Crippen LogP contribution >= 0.6 is 23.2 Å². The number of hydrogen-bond acceptors (Lipinski definition) is 4. The molecule has 1 aromatic heterocycles. The number of imidazole rings is 1. The second kappa shape index (κ2) is 10.4. The molecule has 0 aliphatic carbocycles. The van der Waals surface area contributed by atoms with E-state index in [1.54, 1.807) is 6.07 Å². The molecule has 12 heteroatoms. The van der Waals surface area contributed by atoms with Crippen LogP contribution in [0.1, 0.15) is 27.7 Å². The lowest BCUT2D eigenvalue weighted by atomic mass is 9.96. The Morgan fingerprint density at radius 3 is 2.42 bits per heavy atom. The topological polar surface area (TPSA) is 96.1 Å². The second-order valence-corrected chi connectivity index (χ2v) is 7.78. The van der Waals surface area contributed by atoms with Gasteiger partial charge in [-0.15, -0.1) is 0 Å². The fourth-order valence-electron chi connectivity index (χ4n) is 3.21. The van der Waals surface area contributed by atoms with Gasteiger partial charge in [0, 0.05) is 20.2 Å². The Balaban J connectivity index is 1.94. The summed E-state index contributed by atoms with van der Waals surface area (Å²) in [6, 6.07) is 8.95. The number of nitrogens with one attached hydrogen (secondary N) is 3. The number of carbonyl (C=O) groups excluding carboxylic acids is 2. The number of hydrogen-bond donors (Lipinski definition) is 3. The monoisotopic (exact) mass is 502 g/mol. The minimum atomic E-state index is -4.69. The Hall–Kier alpha value is -2.82. The number of halogens is 5. The number of aromatic nitrogens is 2. The Labute approximate surface area is 196 Å². The summed E-state index contributed by atoms with van der Waals surface area (Å²) in [6.45, 7) is 0.151. The number of ether oxygens (including phenoxy) is 1. The van der Waals surface area contributed by atoms with Crippen LogP contribution in [-0.4, -0.2) is 48.6 Å². The Bertz CT molecular complexity index is 1150. The first-order valence-corrected chi connectivity index (χ1v) is 10.4. The van der Waals surface area contributed by atoms with Gasteiger partial charge in [-0.05, 0) is 23.8 Å². The number of carbonyl (C=O) groups is 2. The normalized spacial score (nSPS) is 12.5. The van der Waals surface area contributed by atoms with Crippen molar-refractivity contribution in [2.45, 2.75) is 12.1 Å². The van der Waals surface area contributed by atoms with E-state index in [0.29, 0.717) is 0 Å². The fourth-order valence-corrected chi connectivity index (χ4v) is 3.78. The number of aromatic amines is 1. The first-order chi connectivity index (χ1) is 15.6. The van der Waals surface area contributed by atoms with Gasteiger partial charge >= 0.3 is 6.18 Å². The molecule has 33 heavy (non-hydrogen) atoms. The van der Waals surface area contributed by atoms with Crippen LogP contribution in [0.3, 0.4) is 0 Å². The van der Waals surface area contributed by atoms with E-state index in [0.717, 1.165) is 0 Å². The molecule has 1 atom stereocenters. The third-order valence-electron chi connectivity index (χ3n) is 4.77. The lowest BCUT2D eigenvalue weighted by Gasteiger charge is -2.19. The van der Waals surface area contributed by atoms with Crippen LogP contribution in [0.4, 0.5) is 13.2 Å². The average molecular weight is 503 g/mol. The molecule has 3 rings (SSSR count). The van der Waals surface area contributed by atoms with Gasteiger partial charge in [0.2, 0.25) is 11.7 Å². The molecule has 2 amide bonds. The summed E-state index contributed by atoms with van der Waals surface area (Å²) in [5.74, 6) is -3.40. The van der Waals surface area contributed by atoms with Crippen LogP contribution in [0.2, 0.25) is 10.0 Å². The van der Waals surface area contributed by atoms with Crippen molar-refractivity contribution in [3.05, 3.63) is 63.4 Å². The van der Waals surface area contributed by atoms with E-state index in [-0.39, 0.29) is 51.9 Å². The van der Waals surface area contributed by atoms with Crippen LogP contribution in [0.25, 0.3) is 11.0 Å². The first-order valence-electron chi connectivity index (χ1n) is 9.68. The van der Waals surface area contributed by atoms with E-state index in [1.165, 1.54) is 37.4 Å². The van der Waals surface area contributed by atoms with Crippen LogP contribution in [0.15, 0.2) is 36.4 Å². The molecule has 1 unspecified atom stereocenters. The fraction of sp³-hybridized carbons (Fsp3) is 0.286. The summed E-state index contributed by atoms with van der Waals surface area (Å²) in [5, 5.41) is 5.47. The van der Waals surface area contributed by atoms with Crippen molar-refractivity contribution in [1.29, 1.82) is 0 Å². The van der Waals surface area contributed by atoms with Crippen LogP contribution in [0, 0.1) is 0 Å². The Morgan fingerprint density at radius 2 is 1.79 bits per heavy atom. The van der Waals surface area contributed by atoms with Gasteiger partial charge in [0.15, 0.2) is 0 Å². The first kappa shape index (κ1) is 24.8. The summed E-state index contributed by atoms with van der Waals surface area (Å²) in [6.07, 6.45) is -4.69. The SMILES string of the molecule is COCCNC(=O)C(CNC(=O)c1c(Cl)cccc1Cl)c1cccc2[nH]c(C(F)(F)F)nc12. The molecule has 0 saturated carbocycles. The molecule has 7 nitrogen and oxygen atoms in total. The lowest BCUT2D eigenvalue weighted by Crippen LogP contribution is -2.38. The predicted molar refractivity (Wildman–Crippen MR) is 118 cm³/mol. The number of benzene rings is 2. The number of H-pyrrole nitrogens is 1. The third-order valence-corrected chi connectivity index (χ3v) is 5.40. The molecule has 1 heterocycles. The van der Waals surface area contributed by atoms with E-state index in [9.17, 15) is 22.8 Å². The van der Waals surface area contributed by atoms with Gasteiger partial charge in [-0.25, -0.2) is 4.98 Å². The summed E-state index contributed by atoms with van der Waals surface area (Å²) in [5.41, 5.74) is 0.313. The summed E-state index contributed by atoms with van der Waals surface area (Å²) in [4.78, 5) is 31.5. The number of rotatable bonds is 8. The second-order valence-electron chi connectivity index (χ2n) is 6.97. The van der Waals surface area contributed by atoms with Gasteiger partial charge < -0.3 is 20.4 Å². The van der Waals surface area contributed by atoms with E-state index >= 15 is 0 Å². The number of nitrogens with zero attached hydrogens (tertiary/aromatic N) is 1. The van der Waals surface area contributed by atoms with Crippen molar-refractivity contribution >= 4 is 46.0 Å². The number of para-hydroxylation sites is 1. The molecular weight excluding hydrogens is 484 g/mol. The standard InChI is InChI=1S/C21H19Cl2F3N4O3/c1-33-9-8-27-18(31)12(10-28-19(32)16-13(22)5-3-6-14(16)23)11-4-2-7-15-17(11)30-20(29-15)21(24,25)26/h2-7,12H,8-10H2,1H3,(H,27,31)(H,28,32)(H,29,30). The van der Waals surface area contributed by atoms with Gasteiger partial charge in [0.1, 0.15) is 0 Å². The van der Waals surface area contributed by atoms with Crippen LogP contribution < -0.4 is 10.6 Å². The number of fused-ring (bicyclic) bond motifs is 1. The highest BCUT2D eigenvalue weighted by atomic mass is 35.5. The molecule has 0 radical (unpaired) electrons. The highest BCUT2D eigenvalue weighted by Gasteiger charge is 2.36. The van der Waals surface area contributed by atoms with Gasteiger partial charge in [0.05, 0.1) is 39.2 Å². The molecule has 3 N–H and O–H groups in total. The molecule has 3 aromatic rings. The predicted octanol–water partition coefficient (Wildman–Crippen LogP) is 4.16. The minimum Gasteiger partial charge on any atom is -0.383 e. The number of methoxy groups -OCH3 is 1. The van der Waals surface area contributed by atoms with Gasteiger partial charge in [0.25, 0.3) is 5.91 Å². The van der Waals surface area contributed by atoms with Crippen molar-refractivity contribution < 1.29 is 27.5 Å². The molecule has 2 aromatic carbocycles. The summed E-state index contributed by atoms with van der Waals surface area (Å²) in [7, 11) is 1.46. The zero-order valence-corrected chi connectivity index (χ0v) is 18.7. The Kier molecular flexibility index (Phi) is 7.83. The maximum atomic E-state index is 13.2. The van der Waals surface area contributed by atoms with Crippen LogP contribution in [0.5, 0.6) is 0 Å². The number of alkyl halides is 3. The van der Waals surface area contributed by atoms with Crippen molar-refractivity contribution in [3.63, 3.8) is 0 Å². The molecular formula is C21H19Cl2F3N4O3. The quantitative estimate of drug-likeness (QED) is 0.403. The maximum Gasteiger partial charge on any atom is 0.449 e. The molecule has 0 saturated heterocycles. The van der Waals surface area contributed by atoms with Gasteiger partial charge in [-0.3, -0.25) is 9.59 Å². The Morgan fingerprint density at radius 1 is 1.12 bits per heavy atom. The molecule has 0 aliphatic heterocycles. The smallest absolute Gasteiger partial charge is 0.383 e. The largest absolute Gasteiger partial charge is 0.449 e. The summed E-state index contributed by atoms with van der Waals surface area (Å²) >= 11 is 12.1. The van der Waals surface area contributed by atoms with E-state index < -0.39 is 29.7 Å². The summed E-state index contributed by atoms with van der Waals surface area (Å²) < 4.78 is 44.4. The number of amides is 2. The van der Waals surface area contributed by atoms with E-state index in [1.807, 2.05) is 0 Å². The maximum absolute atomic E-state index is 13.2. The van der Waals surface area contributed by atoms with Crippen molar-refractivity contribution in [1.82, 2.24) is 20.6 Å². The minimum absolute atomic E-state index is 0.0247. The highest BCUT2D eigenvalue weighted by Crippen LogP contribution is 2.32. The van der Waals surface area contributed by atoms with Crippen molar-refractivity contribution in [3.8, 4) is 0 Å². The highest BCUT2D eigenvalue weighted by molar-refractivity contribution is 6.39. The van der Waals surface area contributed by atoms with E-state index in [2.05, 4.69) is 20.6 Å². The van der Waals surface area contributed by atoms with Crippen molar-refractivity contribution in [2.24, 2.45) is 0 Å². The van der Waals surface area contributed by atoms with Crippen molar-refractivity contribution in [2.75, 3.05) is 26.8 Å². The molecule has 0 spiro atoms. The molecule has 0 aliphatic rings. The lowest BCUT2D eigenvalue weighted by molar-refractivity contribution is -0.144. The van der Waals surface area contributed by atoms with Gasteiger partial charge in [-0.2, -0.15) is 13.2 Å². The molecule has 176 valence electrons. The van der Waals surface area contributed by atoms with Gasteiger partial charge in [-0.1, -0.05) is 41.4 Å². The third kappa shape index (κ3) is 5.76. The molecule has 0 bridgehead atoms.